The van der Waals surface area contributed by atoms with Gasteiger partial charge in [0.15, 0.2) is 0 Å². The number of carbonyl (C=O) groups excluding carboxylic acids is 1. The highest BCUT2D eigenvalue weighted by atomic mass is 19.4. The average Bonchev–Trinajstić information content (AvgIpc) is 2.62. The van der Waals surface area contributed by atoms with E-state index in [9.17, 15) is 18.0 Å². The molecule has 5 nitrogen and oxygen atoms in total. The topological polar surface area (TPSA) is 59.9 Å². The van der Waals surface area contributed by atoms with Crippen LogP contribution in [0, 0.1) is 6.92 Å². The number of alkyl halides is 3. The lowest BCUT2D eigenvalue weighted by atomic mass is 10.1. The number of hydrogen-bond acceptors (Lipinski definition) is 4. The smallest absolute Gasteiger partial charge is 0.406 e. The van der Waals surface area contributed by atoms with Gasteiger partial charge in [-0.15, -0.1) is 13.2 Å². The number of hydrogen-bond donors (Lipinski definition) is 1. The summed E-state index contributed by atoms with van der Waals surface area (Å²) in [5.41, 5.74) is 3.16. The van der Waals surface area contributed by atoms with Crippen LogP contribution in [0.1, 0.15) is 37.0 Å². The van der Waals surface area contributed by atoms with Crippen LogP contribution in [0.25, 0.3) is 0 Å². The van der Waals surface area contributed by atoms with E-state index in [0.29, 0.717) is 23.4 Å². The summed E-state index contributed by atoms with van der Waals surface area (Å²) in [6.45, 7) is 5.35. The highest BCUT2D eigenvalue weighted by Gasteiger charge is 2.31. The fourth-order valence-electron chi connectivity index (χ4n) is 2.41. The predicted molar refractivity (Wildman–Crippen MR) is 100 cm³/mol. The van der Waals surface area contributed by atoms with Crippen LogP contribution in [0.5, 0.6) is 5.75 Å². The fraction of sp³-hybridized carbons (Fsp3) is 0.300. The molecular weight excluding hydrogens is 373 g/mol. The minimum absolute atomic E-state index is 0.0993. The van der Waals surface area contributed by atoms with Crippen LogP contribution in [0.3, 0.4) is 0 Å². The maximum absolute atomic E-state index is 12.3. The van der Waals surface area contributed by atoms with E-state index in [-0.39, 0.29) is 18.3 Å². The van der Waals surface area contributed by atoms with E-state index >= 15 is 0 Å². The van der Waals surface area contributed by atoms with Gasteiger partial charge in [-0.05, 0) is 37.6 Å². The number of benzene rings is 2. The monoisotopic (exact) mass is 394 g/mol. The van der Waals surface area contributed by atoms with E-state index in [2.05, 4.69) is 15.2 Å². The predicted octanol–water partition coefficient (Wildman–Crippen LogP) is 5.18. The van der Waals surface area contributed by atoms with Crippen molar-refractivity contribution in [2.75, 3.05) is 5.32 Å². The summed E-state index contributed by atoms with van der Waals surface area (Å²) < 4.78 is 41.0. The lowest BCUT2D eigenvalue weighted by Gasteiger charge is -2.13. The van der Waals surface area contributed by atoms with E-state index in [1.165, 1.54) is 18.2 Å². The van der Waals surface area contributed by atoms with Gasteiger partial charge >= 0.3 is 6.36 Å². The molecule has 0 heterocycles. The minimum atomic E-state index is -4.76. The van der Waals surface area contributed by atoms with Crippen LogP contribution in [-0.2, 0) is 16.2 Å². The standard InChI is InChI=1S/C20H21F3N2O3/c1-4-19(26)24-18-10-5-7-13(2)17(18)12-27-25-14(3)15-8-6-9-16(11-15)28-20(21,22)23/h5-11H,4,12H2,1-3H3,(H,24,26). The lowest BCUT2D eigenvalue weighted by molar-refractivity contribution is -0.274. The Morgan fingerprint density at radius 3 is 2.57 bits per heavy atom. The fourth-order valence-corrected chi connectivity index (χ4v) is 2.41. The number of aryl methyl sites for hydroxylation is 1. The number of rotatable bonds is 7. The number of anilines is 1. The van der Waals surface area contributed by atoms with Gasteiger partial charge in [-0.3, -0.25) is 4.79 Å². The highest BCUT2D eigenvalue weighted by molar-refractivity contribution is 5.98. The molecule has 0 radical (unpaired) electrons. The Bertz CT molecular complexity index is 864. The molecule has 0 saturated carbocycles. The molecule has 28 heavy (non-hydrogen) atoms. The Morgan fingerprint density at radius 2 is 1.89 bits per heavy atom. The first-order valence-corrected chi connectivity index (χ1v) is 8.60. The number of nitrogens with one attached hydrogen (secondary N) is 1. The van der Waals surface area contributed by atoms with Crippen molar-refractivity contribution in [3.63, 3.8) is 0 Å². The third-order valence-electron chi connectivity index (χ3n) is 3.90. The van der Waals surface area contributed by atoms with Gasteiger partial charge in [-0.2, -0.15) is 0 Å². The average molecular weight is 394 g/mol. The molecule has 0 unspecified atom stereocenters. The lowest BCUT2D eigenvalue weighted by Crippen LogP contribution is -2.17. The first kappa shape index (κ1) is 21.3. The Balaban J connectivity index is 2.11. The molecule has 0 aliphatic carbocycles. The van der Waals surface area contributed by atoms with Crippen LogP contribution in [0.2, 0.25) is 0 Å². The summed E-state index contributed by atoms with van der Waals surface area (Å²) in [5, 5.41) is 6.79. The van der Waals surface area contributed by atoms with E-state index in [1.807, 2.05) is 19.1 Å². The van der Waals surface area contributed by atoms with Gasteiger partial charge in [0, 0.05) is 23.2 Å². The zero-order valence-corrected chi connectivity index (χ0v) is 15.8. The molecule has 150 valence electrons. The first-order valence-electron chi connectivity index (χ1n) is 8.60. The highest BCUT2D eigenvalue weighted by Crippen LogP contribution is 2.24. The molecule has 2 aromatic rings. The molecule has 2 aromatic carbocycles. The second-order valence-electron chi connectivity index (χ2n) is 6.03. The van der Waals surface area contributed by atoms with Gasteiger partial charge in [0.2, 0.25) is 5.91 Å². The Hall–Kier alpha value is -3.03. The number of amides is 1. The normalized spacial score (nSPS) is 11.9. The largest absolute Gasteiger partial charge is 0.573 e. The second-order valence-corrected chi connectivity index (χ2v) is 6.03. The molecule has 0 aliphatic rings. The number of nitrogens with zero attached hydrogens (tertiary/aromatic N) is 1. The molecule has 1 amide bonds. The van der Waals surface area contributed by atoms with E-state index in [1.54, 1.807) is 26.0 Å². The molecule has 0 aromatic heterocycles. The first-order chi connectivity index (χ1) is 13.2. The number of halogens is 3. The zero-order valence-electron chi connectivity index (χ0n) is 15.8. The van der Waals surface area contributed by atoms with Crippen LogP contribution in [-0.4, -0.2) is 18.0 Å². The summed E-state index contributed by atoms with van der Waals surface area (Å²) in [6.07, 6.45) is -4.41. The molecular formula is C20H21F3N2O3. The van der Waals surface area contributed by atoms with Gasteiger partial charge in [0.25, 0.3) is 0 Å². The third kappa shape index (κ3) is 6.29. The van der Waals surface area contributed by atoms with E-state index in [0.717, 1.165) is 11.1 Å². The SMILES string of the molecule is CCC(=O)Nc1cccc(C)c1CON=C(C)c1cccc(OC(F)(F)F)c1. The molecule has 0 fully saturated rings. The molecule has 0 saturated heterocycles. The molecule has 2 rings (SSSR count). The molecule has 0 bridgehead atoms. The van der Waals surface area contributed by atoms with E-state index < -0.39 is 6.36 Å². The summed E-state index contributed by atoms with van der Waals surface area (Å²) in [5.74, 6) is -0.448. The summed E-state index contributed by atoms with van der Waals surface area (Å²) in [6, 6.07) is 11.0. The quantitative estimate of drug-likeness (QED) is 0.520. The van der Waals surface area contributed by atoms with Crippen LogP contribution in [0.15, 0.2) is 47.6 Å². The summed E-state index contributed by atoms with van der Waals surface area (Å²) in [7, 11) is 0. The Kier molecular flexibility index (Phi) is 7.03. The number of oxime groups is 1. The van der Waals surface area contributed by atoms with Crippen molar-refractivity contribution < 1.29 is 27.5 Å². The molecule has 0 atom stereocenters. The number of carbonyl (C=O) groups is 1. The van der Waals surface area contributed by atoms with Crippen molar-refractivity contribution in [3.8, 4) is 5.75 Å². The maximum Gasteiger partial charge on any atom is 0.573 e. The molecule has 0 spiro atoms. The molecule has 1 N–H and O–H groups in total. The van der Waals surface area contributed by atoms with E-state index in [4.69, 9.17) is 4.84 Å². The van der Waals surface area contributed by atoms with Crippen molar-refractivity contribution in [3.05, 3.63) is 59.2 Å². The van der Waals surface area contributed by atoms with Gasteiger partial charge in [-0.25, -0.2) is 0 Å². The van der Waals surface area contributed by atoms with Crippen LogP contribution in [0.4, 0.5) is 18.9 Å². The Labute approximate surface area is 161 Å². The minimum Gasteiger partial charge on any atom is -0.406 e. The third-order valence-corrected chi connectivity index (χ3v) is 3.90. The van der Waals surface area contributed by atoms with Crippen LogP contribution < -0.4 is 10.1 Å². The van der Waals surface area contributed by atoms with Crippen LogP contribution >= 0.6 is 0 Å². The zero-order chi connectivity index (χ0) is 20.7. The summed E-state index contributed by atoms with van der Waals surface area (Å²) >= 11 is 0. The summed E-state index contributed by atoms with van der Waals surface area (Å²) in [4.78, 5) is 17.1. The number of ether oxygens (including phenoxy) is 1. The van der Waals surface area contributed by atoms with Gasteiger partial charge in [0.1, 0.15) is 12.4 Å². The maximum atomic E-state index is 12.3. The van der Waals surface area contributed by atoms with Crippen molar-refractivity contribution >= 4 is 17.3 Å². The molecule has 0 aliphatic heterocycles. The van der Waals surface area contributed by atoms with Gasteiger partial charge in [-0.1, -0.05) is 36.3 Å². The van der Waals surface area contributed by atoms with Gasteiger partial charge < -0.3 is 14.9 Å². The van der Waals surface area contributed by atoms with Crippen molar-refractivity contribution in [1.82, 2.24) is 0 Å². The van der Waals surface area contributed by atoms with Gasteiger partial charge in [0.05, 0.1) is 5.71 Å². The second kappa shape index (κ2) is 9.25. The molecule has 8 heteroatoms. The Morgan fingerprint density at radius 1 is 1.18 bits per heavy atom. The van der Waals surface area contributed by atoms with Crippen molar-refractivity contribution in [2.45, 2.75) is 40.2 Å². The van der Waals surface area contributed by atoms with Crippen molar-refractivity contribution in [1.29, 1.82) is 0 Å². The van der Waals surface area contributed by atoms with Crippen molar-refractivity contribution in [2.24, 2.45) is 5.16 Å².